The van der Waals surface area contributed by atoms with Crippen LogP contribution < -0.4 is 19.1 Å². The first-order valence-corrected chi connectivity index (χ1v) is 14.2. The first kappa shape index (κ1) is 30.5. The number of ether oxygens (including phenoxy) is 2. The van der Waals surface area contributed by atoms with Crippen LogP contribution in [0.4, 0.5) is 5.69 Å². The van der Waals surface area contributed by atoms with Gasteiger partial charge in [-0.2, -0.15) is 0 Å². The number of hydrogen-bond donors (Lipinski definition) is 1. The molecule has 1 N–H and O–H groups in total. The van der Waals surface area contributed by atoms with E-state index in [-0.39, 0.29) is 36.4 Å². The fourth-order valence-electron chi connectivity index (χ4n) is 3.74. The molecule has 0 aromatic heterocycles. The highest BCUT2D eigenvalue weighted by Gasteiger charge is 2.33. The maximum Gasteiger partial charge on any atom is 0.244 e. The number of amides is 2. The standard InChI is InChI=1S/C25H33Cl2N3O6S/c1-7-21(25(32)28-16(2)3)29(14-18-19(26)9-8-10-20(18)27)24(31)15-30(37(6,33)34)22-12-11-17(35-4)13-23(22)36-5/h8-13,16,21H,7,14-15H2,1-6H3,(H,28,32)/t21-/m1/s1. The van der Waals surface area contributed by atoms with Crippen molar-refractivity contribution in [3.8, 4) is 11.5 Å². The van der Waals surface area contributed by atoms with Crippen LogP contribution in [0, 0.1) is 0 Å². The Morgan fingerprint density at radius 3 is 2.16 bits per heavy atom. The second kappa shape index (κ2) is 13.2. The molecule has 12 heteroatoms. The van der Waals surface area contributed by atoms with Gasteiger partial charge in [0.15, 0.2) is 0 Å². The van der Waals surface area contributed by atoms with Crippen molar-refractivity contribution in [3.63, 3.8) is 0 Å². The van der Waals surface area contributed by atoms with Crippen molar-refractivity contribution < 1.29 is 27.5 Å². The number of carbonyl (C=O) groups is 2. The molecule has 0 fully saturated rings. The zero-order valence-corrected chi connectivity index (χ0v) is 24.1. The normalized spacial score (nSPS) is 12.1. The van der Waals surface area contributed by atoms with Gasteiger partial charge in [-0.1, -0.05) is 36.2 Å². The van der Waals surface area contributed by atoms with Crippen LogP contribution in [0.2, 0.25) is 10.0 Å². The van der Waals surface area contributed by atoms with Gasteiger partial charge < -0.3 is 19.7 Å². The Balaban J connectivity index is 2.57. The predicted molar refractivity (Wildman–Crippen MR) is 146 cm³/mol. The highest BCUT2D eigenvalue weighted by molar-refractivity contribution is 7.92. The molecule has 1 atom stereocenters. The number of nitrogens with one attached hydrogen (secondary N) is 1. The minimum absolute atomic E-state index is 0.0985. The largest absolute Gasteiger partial charge is 0.497 e. The molecule has 0 aliphatic rings. The molecule has 0 unspecified atom stereocenters. The third-order valence-electron chi connectivity index (χ3n) is 5.54. The van der Waals surface area contributed by atoms with Gasteiger partial charge in [0.05, 0.1) is 26.2 Å². The van der Waals surface area contributed by atoms with Gasteiger partial charge in [0.25, 0.3) is 0 Å². The van der Waals surface area contributed by atoms with E-state index in [1.165, 1.54) is 31.3 Å². The first-order valence-electron chi connectivity index (χ1n) is 11.6. The van der Waals surface area contributed by atoms with Crippen LogP contribution in [-0.2, 0) is 26.2 Å². The summed E-state index contributed by atoms with van der Waals surface area (Å²) in [7, 11) is -1.09. The van der Waals surface area contributed by atoms with Crippen LogP contribution in [0.1, 0.15) is 32.8 Å². The average molecular weight is 575 g/mol. The molecule has 0 radical (unpaired) electrons. The lowest BCUT2D eigenvalue weighted by Crippen LogP contribution is -2.53. The Morgan fingerprint density at radius 2 is 1.68 bits per heavy atom. The summed E-state index contributed by atoms with van der Waals surface area (Å²) in [5, 5.41) is 3.47. The van der Waals surface area contributed by atoms with E-state index < -0.39 is 28.5 Å². The number of carbonyl (C=O) groups excluding carboxylic acids is 2. The average Bonchev–Trinajstić information content (AvgIpc) is 2.82. The number of benzene rings is 2. The topological polar surface area (TPSA) is 105 Å². The molecule has 2 aromatic carbocycles. The minimum Gasteiger partial charge on any atom is -0.497 e. The lowest BCUT2D eigenvalue weighted by Gasteiger charge is -2.33. The number of nitrogens with zero attached hydrogens (tertiary/aromatic N) is 2. The van der Waals surface area contributed by atoms with E-state index in [4.69, 9.17) is 32.7 Å². The highest BCUT2D eigenvalue weighted by Crippen LogP contribution is 2.34. The van der Waals surface area contributed by atoms with E-state index in [9.17, 15) is 18.0 Å². The molecule has 0 spiro atoms. The zero-order chi connectivity index (χ0) is 27.9. The molecule has 0 bridgehead atoms. The molecule has 9 nitrogen and oxygen atoms in total. The Labute approximate surface area is 228 Å². The summed E-state index contributed by atoms with van der Waals surface area (Å²) in [5.74, 6) is -0.346. The molecule has 2 aromatic rings. The third-order valence-corrected chi connectivity index (χ3v) is 7.38. The summed E-state index contributed by atoms with van der Waals surface area (Å²) in [6, 6.07) is 8.43. The summed E-state index contributed by atoms with van der Waals surface area (Å²) in [4.78, 5) is 28.2. The molecule has 0 heterocycles. The van der Waals surface area contributed by atoms with Crippen LogP contribution in [0.15, 0.2) is 36.4 Å². The Bertz CT molecular complexity index is 1200. The van der Waals surface area contributed by atoms with E-state index in [1.807, 2.05) is 13.8 Å². The molecule has 0 saturated heterocycles. The number of hydrogen-bond acceptors (Lipinski definition) is 6. The predicted octanol–water partition coefficient (Wildman–Crippen LogP) is 4.11. The third kappa shape index (κ3) is 7.90. The molecule has 204 valence electrons. The summed E-state index contributed by atoms with van der Waals surface area (Å²) < 4.78 is 37.2. The van der Waals surface area contributed by atoms with Crippen molar-refractivity contribution >= 4 is 50.7 Å². The van der Waals surface area contributed by atoms with Crippen molar-refractivity contribution in [1.82, 2.24) is 10.2 Å². The number of halogens is 2. The minimum atomic E-state index is -3.95. The van der Waals surface area contributed by atoms with E-state index in [1.54, 1.807) is 31.2 Å². The molecule has 0 aliphatic heterocycles. The molecule has 0 aliphatic carbocycles. The van der Waals surface area contributed by atoms with Crippen molar-refractivity contribution in [1.29, 1.82) is 0 Å². The molecule has 37 heavy (non-hydrogen) atoms. The second-order valence-electron chi connectivity index (χ2n) is 8.62. The SMILES string of the molecule is CC[C@H](C(=O)NC(C)C)N(Cc1c(Cl)cccc1Cl)C(=O)CN(c1ccc(OC)cc1OC)S(C)(=O)=O. The molecular weight excluding hydrogens is 541 g/mol. The summed E-state index contributed by atoms with van der Waals surface area (Å²) in [5.41, 5.74) is 0.595. The zero-order valence-electron chi connectivity index (χ0n) is 21.7. The number of sulfonamides is 1. The Hall–Kier alpha value is -2.69. The van der Waals surface area contributed by atoms with Gasteiger partial charge in [0, 0.05) is 34.3 Å². The van der Waals surface area contributed by atoms with E-state index in [2.05, 4.69) is 5.32 Å². The van der Waals surface area contributed by atoms with Gasteiger partial charge >= 0.3 is 0 Å². The fraction of sp³-hybridized carbons (Fsp3) is 0.440. The van der Waals surface area contributed by atoms with E-state index >= 15 is 0 Å². The number of methoxy groups -OCH3 is 2. The van der Waals surface area contributed by atoms with E-state index in [0.29, 0.717) is 21.4 Å². The van der Waals surface area contributed by atoms with Gasteiger partial charge in [-0.3, -0.25) is 13.9 Å². The van der Waals surface area contributed by atoms with Crippen LogP contribution in [-0.4, -0.2) is 64.2 Å². The smallest absolute Gasteiger partial charge is 0.244 e. The van der Waals surface area contributed by atoms with Crippen LogP contribution in [0.25, 0.3) is 0 Å². The van der Waals surface area contributed by atoms with Gasteiger partial charge in [0.1, 0.15) is 24.1 Å². The van der Waals surface area contributed by atoms with Crippen molar-refractivity contribution in [2.75, 3.05) is 31.3 Å². The first-order chi connectivity index (χ1) is 17.3. The van der Waals surface area contributed by atoms with E-state index in [0.717, 1.165) is 10.6 Å². The fourth-order valence-corrected chi connectivity index (χ4v) is 5.11. The summed E-state index contributed by atoms with van der Waals surface area (Å²) in [6.45, 7) is 4.69. The second-order valence-corrected chi connectivity index (χ2v) is 11.3. The Morgan fingerprint density at radius 1 is 1.05 bits per heavy atom. The summed E-state index contributed by atoms with van der Waals surface area (Å²) in [6.07, 6.45) is 1.26. The highest BCUT2D eigenvalue weighted by atomic mass is 35.5. The van der Waals surface area contributed by atoms with Crippen LogP contribution >= 0.6 is 23.2 Å². The lowest BCUT2D eigenvalue weighted by atomic mass is 10.1. The van der Waals surface area contributed by atoms with Crippen LogP contribution in [0.5, 0.6) is 11.5 Å². The molecule has 2 amide bonds. The van der Waals surface area contributed by atoms with Crippen LogP contribution in [0.3, 0.4) is 0 Å². The lowest BCUT2D eigenvalue weighted by molar-refractivity contribution is -0.140. The van der Waals surface area contributed by atoms with Gasteiger partial charge in [-0.25, -0.2) is 8.42 Å². The monoisotopic (exact) mass is 573 g/mol. The Kier molecular flexibility index (Phi) is 10.9. The van der Waals surface area contributed by atoms with Gasteiger partial charge in [-0.15, -0.1) is 0 Å². The van der Waals surface area contributed by atoms with Crippen molar-refractivity contribution in [2.45, 2.75) is 45.8 Å². The molecule has 2 rings (SSSR count). The molecular formula is C25H33Cl2N3O6S. The quantitative estimate of drug-likeness (QED) is 0.409. The maximum absolute atomic E-state index is 13.8. The van der Waals surface area contributed by atoms with Crippen molar-refractivity contribution in [2.24, 2.45) is 0 Å². The van der Waals surface area contributed by atoms with Crippen molar-refractivity contribution in [3.05, 3.63) is 52.0 Å². The maximum atomic E-state index is 13.8. The summed E-state index contributed by atoms with van der Waals surface area (Å²) >= 11 is 12.7. The number of anilines is 1. The molecule has 0 saturated carbocycles. The van der Waals surface area contributed by atoms with Gasteiger partial charge in [-0.05, 0) is 44.5 Å². The van der Waals surface area contributed by atoms with Gasteiger partial charge in [0.2, 0.25) is 21.8 Å². The number of rotatable bonds is 12.